The zero-order valence-corrected chi connectivity index (χ0v) is 20.5. The van der Waals surface area contributed by atoms with Crippen molar-refractivity contribution in [3.8, 4) is 22.7 Å². The second-order valence-corrected chi connectivity index (χ2v) is 9.82. The van der Waals surface area contributed by atoms with Gasteiger partial charge in [-0.3, -0.25) is 9.52 Å². The number of aromatic nitrogens is 3. The fourth-order valence-corrected chi connectivity index (χ4v) is 5.15. The van der Waals surface area contributed by atoms with E-state index < -0.39 is 27.2 Å². The lowest BCUT2D eigenvalue weighted by Crippen LogP contribution is -2.23. The van der Waals surface area contributed by atoms with Crippen molar-refractivity contribution in [3.63, 3.8) is 0 Å². The zero-order chi connectivity index (χ0) is 27.0. The first-order chi connectivity index (χ1) is 18.2. The second-order valence-electron chi connectivity index (χ2n) is 8.17. The maximum Gasteiger partial charge on any atom is 0.267 e. The molecule has 3 N–H and O–H groups in total. The number of benzene rings is 3. The fraction of sp³-hybridized carbons (Fsp3) is 0.0385. The van der Waals surface area contributed by atoms with Crippen molar-refractivity contribution >= 4 is 32.6 Å². The third-order valence-electron chi connectivity index (χ3n) is 5.66. The predicted molar refractivity (Wildman–Crippen MR) is 139 cm³/mol. The lowest BCUT2D eigenvalue weighted by molar-refractivity contribution is 0.385. The maximum atomic E-state index is 13.6. The van der Waals surface area contributed by atoms with Crippen LogP contribution in [0.25, 0.3) is 27.7 Å². The highest BCUT2D eigenvalue weighted by Crippen LogP contribution is 2.30. The number of para-hydroxylation sites is 1. The molecule has 0 saturated heterocycles. The van der Waals surface area contributed by atoms with E-state index in [2.05, 4.69) is 14.7 Å². The maximum absolute atomic E-state index is 13.6. The quantitative estimate of drug-likeness (QED) is 0.335. The number of nitrogens with zero attached hydrogens (tertiary/aromatic N) is 3. The van der Waals surface area contributed by atoms with Crippen LogP contribution in [0.4, 0.5) is 20.4 Å². The number of hydrogen-bond acceptors (Lipinski definition) is 7. The first kappa shape index (κ1) is 24.8. The van der Waals surface area contributed by atoms with Crippen molar-refractivity contribution in [3.05, 3.63) is 101 Å². The molecule has 192 valence electrons. The largest absolute Gasteiger partial charge is 0.480 e. The predicted octanol–water partition coefficient (Wildman–Crippen LogP) is 4.12. The molecule has 38 heavy (non-hydrogen) atoms. The normalized spacial score (nSPS) is 11.4. The molecule has 0 atom stereocenters. The van der Waals surface area contributed by atoms with Gasteiger partial charge in [-0.1, -0.05) is 24.3 Å². The summed E-state index contributed by atoms with van der Waals surface area (Å²) in [5, 5.41) is 0.245. The van der Waals surface area contributed by atoms with Gasteiger partial charge in [-0.15, -0.1) is 0 Å². The van der Waals surface area contributed by atoms with Gasteiger partial charge >= 0.3 is 0 Å². The van der Waals surface area contributed by atoms with E-state index in [0.29, 0.717) is 28.4 Å². The smallest absolute Gasteiger partial charge is 0.267 e. The summed E-state index contributed by atoms with van der Waals surface area (Å²) >= 11 is 0. The molecule has 2 aromatic heterocycles. The Kier molecular flexibility index (Phi) is 6.25. The average molecular weight is 536 g/mol. The number of pyridine rings is 1. The average Bonchev–Trinajstić information content (AvgIpc) is 2.88. The number of methoxy groups -OCH3 is 1. The van der Waals surface area contributed by atoms with Crippen LogP contribution in [0.5, 0.6) is 5.88 Å². The van der Waals surface area contributed by atoms with Gasteiger partial charge in [0.2, 0.25) is 11.8 Å². The van der Waals surface area contributed by atoms with E-state index >= 15 is 0 Å². The summed E-state index contributed by atoms with van der Waals surface area (Å²) in [4.78, 5) is 21.4. The summed E-state index contributed by atoms with van der Waals surface area (Å²) in [7, 11) is -3.15. The molecule has 0 bridgehead atoms. The molecule has 0 unspecified atom stereocenters. The Morgan fingerprint density at radius 1 is 0.947 bits per heavy atom. The van der Waals surface area contributed by atoms with Gasteiger partial charge in [0.15, 0.2) is 0 Å². The number of nitrogens with two attached hydrogens (primary N) is 1. The van der Waals surface area contributed by atoms with Crippen molar-refractivity contribution in [1.82, 2.24) is 14.5 Å². The van der Waals surface area contributed by atoms with Crippen LogP contribution in [-0.2, 0) is 10.0 Å². The Balaban J connectivity index is 1.61. The van der Waals surface area contributed by atoms with Gasteiger partial charge in [0, 0.05) is 17.8 Å². The Bertz CT molecular complexity index is 1840. The van der Waals surface area contributed by atoms with E-state index in [1.807, 2.05) is 0 Å². The molecular weight excluding hydrogens is 516 g/mol. The van der Waals surface area contributed by atoms with Crippen molar-refractivity contribution in [1.29, 1.82) is 0 Å². The number of nitrogen functional groups attached to an aromatic ring is 1. The number of nitrogens with one attached hydrogen (secondary N) is 1. The van der Waals surface area contributed by atoms with Crippen molar-refractivity contribution < 1.29 is 21.9 Å². The molecule has 2 heterocycles. The minimum Gasteiger partial charge on any atom is -0.480 e. The Morgan fingerprint density at radius 3 is 2.34 bits per heavy atom. The minimum absolute atomic E-state index is 0.0146. The number of sulfonamides is 1. The molecule has 5 rings (SSSR count). The zero-order valence-electron chi connectivity index (χ0n) is 19.7. The fourth-order valence-electron chi connectivity index (χ4n) is 3.97. The summed E-state index contributed by atoms with van der Waals surface area (Å²) in [6, 6.07) is 17.1. The third kappa shape index (κ3) is 4.64. The molecule has 12 heteroatoms. The van der Waals surface area contributed by atoms with Gasteiger partial charge in [0.1, 0.15) is 16.5 Å². The SMILES string of the molecule is COc1ncc(-c2ccc3nc(N)n(-c4ccccc4)c(=O)c3c2)cc1S(=O)(=O)Nc1cc(F)cc(F)c1. The first-order valence-corrected chi connectivity index (χ1v) is 12.6. The molecular formula is C26H19F2N5O4S. The summed E-state index contributed by atoms with van der Waals surface area (Å²) < 4.78 is 62.0. The van der Waals surface area contributed by atoms with Gasteiger partial charge in [0.25, 0.3) is 15.6 Å². The van der Waals surface area contributed by atoms with Crippen LogP contribution in [-0.4, -0.2) is 30.1 Å². The molecule has 3 aromatic carbocycles. The molecule has 0 aliphatic heterocycles. The van der Waals surface area contributed by atoms with Crippen LogP contribution in [0.1, 0.15) is 0 Å². The summed E-state index contributed by atoms with van der Waals surface area (Å²) in [5.74, 6) is -2.12. The number of anilines is 2. The van der Waals surface area contributed by atoms with Gasteiger partial charge < -0.3 is 10.5 Å². The third-order valence-corrected chi connectivity index (χ3v) is 7.03. The van der Waals surface area contributed by atoms with E-state index in [0.717, 1.165) is 12.1 Å². The Hall–Kier alpha value is -4.84. The second kappa shape index (κ2) is 9.56. The highest BCUT2D eigenvalue weighted by Gasteiger charge is 2.23. The highest BCUT2D eigenvalue weighted by molar-refractivity contribution is 7.92. The van der Waals surface area contributed by atoms with Gasteiger partial charge in [-0.25, -0.2) is 31.7 Å². The lowest BCUT2D eigenvalue weighted by atomic mass is 10.1. The molecule has 0 amide bonds. The minimum atomic E-state index is -4.38. The number of fused-ring (bicyclic) bond motifs is 1. The standard InChI is InChI=1S/C26H19F2N5O4S/c1-37-24-23(38(35,36)32-19-12-17(27)11-18(28)13-19)10-16(14-30-24)15-7-8-22-21(9-15)25(34)33(26(29)31-22)20-5-3-2-4-6-20/h2-14,32H,1H3,(H2,29,31). The van der Waals surface area contributed by atoms with E-state index in [4.69, 9.17) is 10.5 Å². The molecule has 0 saturated carbocycles. The van der Waals surface area contributed by atoms with Crippen molar-refractivity contribution in [2.75, 3.05) is 17.6 Å². The van der Waals surface area contributed by atoms with Crippen molar-refractivity contribution in [2.24, 2.45) is 0 Å². The molecule has 0 aliphatic rings. The topological polar surface area (TPSA) is 129 Å². The van der Waals surface area contributed by atoms with Crippen LogP contribution in [0.3, 0.4) is 0 Å². The van der Waals surface area contributed by atoms with Crippen LogP contribution in [0, 0.1) is 11.6 Å². The number of hydrogen-bond donors (Lipinski definition) is 2. The van der Waals surface area contributed by atoms with E-state index in [1.54, 1.807) is 48.5 Å². The van der Waals surface area contributed by atoms with E-state index in [9.17, 15) is 22.0 Å². The monoisotopic (exact) mass is 535 g/mol. The molecule has 0 aliphatic carbocycles. The van der Waals surface area contributed by atoms with E-state index in [-0.39, 0.29) is 27.8 Å². The molecule has 0 radical (unpaired) electrons. The molecule has 0 fully saturated rings. The number of halogens is 2. The summed E-state index contributed by atoms with van der Waals surface area (Å²) in [5.41, 5.74) is 7.02. The molecule has 9 nitrogen and oxygen atoms in total. The van der Waals surface area contributed by atoms with Crippen molar-refractivity contribution in [2.45, 2.75) is 4.90 Å². The van der Waals surface area contributed by atoms with Crippen LogP contribution < -0.4 is 20.8 Å². The molecule has 5 aromatic rings. The van der Waals surface area contributed by atoms with Crippen LogP contribution in [0.2, 0.25) is 0 Å². The van der Waals surface area contributed by atoms with Gasteiger partial charge in [-0.05, 0) is 48.0 Å². The highest BCUT2D eigenvalue weighted by atomic mass is 32.2. The van der Waals surface area contributed by atoms with Crippen LogP contribution in [0.15, 0.2) is 88.7 Å². The van der Waals surface area contributed by atoms with Gasteiger partial charge in [0.05, 0.1) is 29.4 Å². The van der Waals surface area contributed by atoms with Crippen LogP contribution >= 0.6 is 0 Å². The summed E-state index contributed by atoms with van der Waals surface area (Å²) in [6.07, 6.45) is 1.38. The number of ether oxygens (including phenoxy) is 1. The number of rotatable bonds is 6. The Labute approximate surface area is 215 Å². The molecule has 0 spiro atoms. The lowest BCUT2D eigenvalue weighted by Gasteiger charge is -2.13. The first-order valence-electron chi connectivity index (χ1n) is 11.1. The van der Waals surface area contributed by atoms with E-state index in [1.165, 1.54) is 23.9 Å². The summed E-state index contributed by atoms with van der Waals surface area (Å²) in [6.45, 7) is 0. The van der Waals surface area contributed by atoms with Gasteiger partial charge in [-0.2, -0.15) is 0 Å². The Morgan fingerprint density at radius 2 is 1.66 bits per heavy atom.